The number of ether oxygens (including phenoxy) is 2. The molecule has 0 aliphatic rings. The number of methoxy groups -OCH3 is 1. The standard InChI is InChI=1S/C14H23NO2/c1-11(10-15-14(2,3)4)17-13-9-7-6-8-12(13)16-5/h6-9,11,15H,10H2,1-5H3/t11-/m0/s1. The number of nitrogens with one attached hydrogen (secondary N) is 1. The first-order valence-corrected chi connectivity index (χ1v) is 5.97. The Kier molecular flexibility index (Phi) is 4.82. The van der Waals surface area contributed by atoms with E-state index in [4.69, 9.17) is 9.47 Å². The number of hydrogen-bond acceptors (Lipinski definition) is 3. The summed E-state index contributed by atoms with van der Waals surface area (Å²) in [4.78, 5) is 0. The number of rotatable bonds is 5. The molecule has 3 heteroatoms. The van der Waals surface area contributed by atoms with Crippen LogP contribution in [0.4, 0.5) is 0 Å². The van der Waals surface area contributed by atoms with Crippen LogP contribution in [0.15, 0.2) is 24.3 Å². The highest BCUT2D eigenvalue weighted by Gasteiger charge is 2.13. The van der Waals surface area contributed by atoms with Gasteiger partial charge in [0.05, 0.1) is 7.11 Å². The van der Waals surface area contributed by atoms with E-state index in [0.29, 0.717) is 0 Å². The second kappa shape index (κ2) is 5.92. The van der Waals surface area contributed by atoms with E-state index >= 15 is 0 Å². The van der Waals surface area contributed by atoms with Gasteiger partial charge in [-0.25, -0.2) is 0 Å². The quantitative estimate of drug-likeness (QED) is 0.854. The van der Waals surface area contributed by atoms with Crippen LogP contribution in [-0.2, 0) is 0 Å². The monoisotopic (exact) mass is 237 g/mol. The highest BCUT2D eigenvalue weighted by molar-refractivity contribution is 5.39. The van der Waals surface area contributed by atoms with Crippen LogP contribution in [0.3, 0.4) is 0 Å². The molecule has 0 bridgehead atoms. The minimum Gasteiger partial charge on any atom is -0.493 e. The zero-order valence-corrected chi connectivity index (χ0v) is 11.4. The molecule has 0 radical (unpaired) electrons. The molecule has 0 aliphatic heterocycles. The Balaban J connectivity index is 2.53. The highest BCUT2D eigenvalue weighted by Crippen LogP contribution is 2.26. The topological polar surface area (TPSA) is 30.5 Å². The van der Waals surface area contributed by atoms with Crippen molar-refractivity contribution < 1.29 is 9.47 Å². The van der Waals surface area contributed by atoms with Crippen LogP contribution in [0.5, 0.6) is 11.5 Å². The lowest BCUT2D eigenvalue weighted by Gasteiger charge is -2.24. The summed E-state index contributed by atoms with van der Waals surface area (Å²) >= 11 is 0. The molecule has 0 spiro atoms. The van der Waals surface area contributed by atoms with Crippen LogP contribution in [0.2, 0.25) is 0 Å². The van der Waals surface area contributed by atoms with E-state index in [1.165, 1.54) is 0 Å². The lowest BCUT2D eigenvalue weighted by molar-refractivity contribution is 0.195. The third-order valence-electron chi connectivity index (χ3n) is 2.32. The van der Waals surface area contributed by atoms with E-state index < -0.39 is 0 Å². The lowest BCUT2D eigenvalue weighted by Crippen LogP contribution is -2.41. The van der Waals surface area contributed by atoms with E-state index in [1.54, 1.807) is 7.11 Å². The van der Waals surface area contributed by atoms with Gasteiger partial charge in [-0.05, 0) is 39.8 Å². The Morgan fingerprint density at radius 3 is 2.29 bits per heavy atom. The van der Waals surface area contributed by atoms with Crippen LogP contribution in [0.1, 0.15) is 27.7 Å². The maximum absolute atomic E-state index is 5.84. The van der Waals surface area contributed by atoms with Gasteiger partial charge in [0.15, 0.2) is 11.5 Å². The average Bonchev–Trinajstić information content (AvgIpc) is 2.26. The summed E-state index contributed by atoms with van der Waals surface area (Å²) in [7, 11) is 1.65. The zero-order valence-electron chi connectivity index (χ0n) is 11.4. The van der Waals surface area contributed by atoms with Crippen molar-refractivity contribution in [1.82, 2.24) is 5.32 Å². The van der Waals surface area contributed by atoms with Crippen molar-refractivity contribution in [3.63, 3.8) is 0 Å². The molecule has 0 heterocycles. The molecule has 0 unspecified atom stereocenters. The molecular weight excluding hydrogens is 214 g/mol. The summed E-state index contributed by atoms with van der Waals surface area (Å²) in [5.74, 6) is 1.56. The Bertz CT molecular complexity index is 344. The third-order valence-corrected chi connectivity index (χ3v) is 2.32. The van der Waals surface area contributed by atoms with Crippen molar-refractivity contribution in [3.8, 4) is 11.5 Å². The minimum absolute atomic E-state index is 0.102. The summed E-state index contributed by atoms with van der Waals surface area (Å²) in [6.07, 6.45) is 0.102. The fraction of sp³-hybridized carbons (Fsp3) is 0.571. The molecule has 0 amide bonds. The molecule has 96 valence electrons. The van der Waals surface area contributed by atoms with E-state index in [-0.39, 0.29) is 11.6 Å². The Morgan fingerprint density at radius 1 is 1.18 bits per heavy atom. The Morgan fingerprint density at radius 2 is 1.76 bits per heavy atom. The summed E-state index contributed by atoms with van der Waals surface area (Å²) in [5.41, 5.74) is 0.110. The molecule has 1 rings (SSSR count). The van der Waals surface area contributed by atoms with Gasteiger partial charge in [0, 0.05) is 12.1 Å². The summed E-state index contributed by atoms with van der Waals surface area (Å²) in [5, 5.41) is 3.41. The van der Waals surface area contributed by atoms with E-state index in [2.05, 4.69) is 26.1 Å². The summed E-state index contributed by atoms with van der Waals surface area (Å²) < 4.78 is 11.1. The molecular formula is C14H23NO2. The first kappa shape index (κ1) is 13.8. The molecule has 0 saturated heterocycles. The molecule has 1 aromatic rings. The number of hydrogen-bond donors (Lipinski definition) is 1. The summed E-state index contributed by atoms with van der Waals surface area (Å²) in [6.45, 7) is 9.28. The summed E-state index contributed by atoms with van der Waals surface area (Å²) in [6, 6.07) is 7.71. The molecule has 1 aromatic carbocycles. The van der Waals surface area contributed by atoms with E-state index in [0.717, 1.165) is 18.0 Å². The van der Waals surface area contributed by atoms with Crippen LogP contribution >= 0.6 is 0 Å². The van der Waals surface area contributed by atoms with Gasteiger partial charge in [0.25, 0.3) is 0 Å². The molecule has 17 heavy (non-hydrogen) atoms. The molecule has 3 nitrogen and oxygen atoms in total. The second-order valence-corrected chi connectivity index (χ2v) is 5.21. The van der Waals surface area contributed by atoms with Gasteiger partial charge >= 0.3 is 0 Å². The molecule has 0 saturated carbocycles. The molecule has 0 aliphatic carbocycles. The predicted octanol–water partition coefficient (Wildman–Crippen LogP) is 2.85. The molecule has 1 N–H and O–H groups in total. The lowest BCUT2D eigenvalue weighted by atomic mass is 10.1. The maximum Gasteiger partial charge on any atom is 0.161 e. The van der Waals surface area contributed by atoms with Crippen molar-refractivity contribution in [1.29, 1.82) is 0 Å². The SMILES string of the molecule is COc1ccccc1O[C@@H](C)CNC(C)(C)C. The molecule has 0 aromatic heterocycles. The van der Waals surface area contributed by atoms with Gasteiger partial charge in [0.1, 0.15) is 6.10 Å². The fourth-order valence-electron chi connectivity index (χ4n) is 1.42. The molecule has 1 atom stereocenters. The zero-order chi connectivity index (χ0) is 12.9. The Labute approximate surface area is 104 Å². The number of benzene rings is 1. The largest absolute Gasteiger partial charge is 0.493 e. The van der Waals surface area contributed by atoms with Crippen molar-refractivity contribution >= 4 is 0 Å². The minimum atomic E-state index is 0.102. The van der Waals surface area contributed by atoms with Gasteiger partial charge in [-0.2, -0.15) is 0 Å². The van der Waals surface area contributed by atoms with Crippen molar-refractivity contribution in [2.45, 2.75) is 39.3 Å². The smallest absolute Gasteiger partial charge is 0.161 e. The van der Waals surface area contributed by atoms with Gasteiger partial charge in [-0.15, -0.1) is 0 Å². The third kappa shape index (κ3) is 5.09. The van der Waals surface area contributed by atoms with Crippen LogP contribution in [0, 0.1) is 0 Å². The highest BCUT2D eigenvalue weighted by atomic mass is 16.5. The van der Waals surface area contributed by atoms with Crippen LogP contribution < -0.4 is 14.8 Å². The first-order valence-electron chi connectivity index (χ1n) is 5.97. The van der Waals surface area contributed by atoms with Gasteiger partial charge in [-0.1, -0.05) is 12.1 Å². The van der Waals surface area contributed by atoms with Gasteiger partial charge in [-0.3, -0.25) is 0 Å². The van der Waals surface area contributed by atoms with Crippen molar-refractivity contribution in [2.24, 2.45) is 0 Å². The average molecular weight is 237 g/mol. The van der Waals surface area contributed by atoms with E-state index in [1.807, 2.05) is 31.2 Å². The van der Waals surface area contributed by atoms with Crippen LogP contribution in [-0.4, -0.2) is 25.3 Å². The van der Waals surface area contributed by atoms with Crippen LogP contribution in [0.25, 0.3) is 0 Å². The van der Waals surface area contributed by atoms with E-state index in [9.17, 15) is 0 Å². The second-order valence-electron chi connectivity index (χ2n) is 5.21. The fourth-order valence-corrected chi connectivity index (χ4v) is 1.42. The van der Waals surface area contributed by atoms with Crippen molar-refractivity contribution in [2.75, 3.05) is 13.7 Å². The predicted molar refractivity (Wildman–Crippen MR) is 70.8 cm³/mol. The van der Waals surface area contributed by atoms with Crippen molar-refractivity contribution in [3.05, 3.63) is 24.3 Å². The molecule has 0 fully saturated rings. The number of para-hydroxylation sites is 2. The van der Waals surface area contributed by atoms with Gasteiger partial charge in [0.2, 0.25) is 0 Å². The maximum atomic E-state index is 5.84. The Hall–Kier alpha value is -1.22. The normalized spacial score (nSPS) is 13.2. The first-order chi connectivity index (χ1) is 7.92. The van der Waals surface area contributed by atoms with Gasteiger partial charge < -0.3 is 14.8 Å².